The molecule has 4 N–H and O–H groups in total. The fraction of sp³-hybridized carbons (Fsp3) is 0.640. The number of methoxy groups -OCH3 is 1. The molecule has 8 nitrogen and oxygen atoms in total. The second-order valence-electron chi connectivity index (χ2n) is 10.1. The number of aliphatic imine (C=N–C) groups is 1. The Morgan fingerprint density at radius 3 is 2.91 bits per heavy atom. The summed E-state index contributed by atoms with van der Waals surface area (Å²) in [5.41, 5.74) is 11.5. The number of nitrogens with zero attached hydrogens (tertiary/aromatic N) is 4. The number of pyridine rings is 1. The van der Waals surface area contributed by atoms with Gasteiger partial charge >= 0.3 is 0 Å². The number of aromatic nitrogens is 3. The first-order valence-corrected chi connectivity index (χ1v) is 13.4. The standard InChI is InChI=1S/C25H36N6O2S/c1-13-10-27-20(15(3)22(13)33-4)11-31-23-21-19(30-31)9-17(12-34-24(21)29-25(26)28-23)14(2)16-6-5-7-18(32)8-16/h10,14,16-18,24,32H,5-9,11-12H2,1-4H3,(H3,26,28,29). The summed E-state index contributed by atoms with van der Waals surface area (Å²) >= 11 is 1.87. The van der Waals surface area contributed by atoms with Crippen LogP contribution in [0.25, 0.3) is 0 Å². The molecule has 0 spiro atoms. The fourth-order valence-electron chi connectivity index (χ4n) is 5.94. The summed E-state index contributed by atoms with van der Waals surface area (Å²) in [5, 5.41) is 18.6. The third-order valence-electron chi connectivity index (χ3n) is 7.96. The van der Waals surface area contributed by atoms with Crippen molar-refractivity contribution in [3.63, 3.8) is 0 Å². The lowest BCUT2D eigenvalue weighted by Gasteiger charge is -2.34. The van der Waals surface area contributed by atoms with Crippen LogP contribution >= 0.6 is 11.8 Å². The molecular formula is C25H36N6O2S. The number of guanidine groups is 1. The van der Waals surface area contributed by atoms with Crippen molar-refractivity contribution in [3.05, 3.63) is 34.3 Å². The van der Waals surface area contributed by atoms with Crippen LogP contribution in [-0.4, -0.2) is 44.8 Å². The number of anilines is 1. The number of ether oxygens (including phenoxy) is 1. The fourth-order valence-corrected chi connectivity index (χ4v) is 7.40. The molecular weight excluding hydrogens is 448 g/mol. The van der Waals surface area contributed by atoms with Gasteiger partial charge in [-0.05, 0) is 63.0 Å². The average Bonchev–Trinajstić information content (AvgIpc) is 3.03. The number of rotatable bonds is 5. The maximum atomic E-state index is 10.2. The Bertz CT molecular complexity index is 1100. The molecule has 1 saturated carbocycles. The van der Waals surface area contributed by atoms with Gasteiger partial charge in [0.05, 0.1) is 36.7 Å². The zero-order chi connectivity index (χ0) is 24.0. The van der Waals surface area contributed by atoms with Gasteiger partial charge in [-0.15, -0.1) is 11.8 Å². The monoisotopic (exact) mass is 484 g/mol. The smallest absolute Gasteiger partial charge is 0.195 e. The van der Waals surface area contributed by atoms with E-state index in [1.807, 2.05) is 36.5 Å². The molecule has 5 unspecified atom stereocenters. The highest BCUT2D eigenvalue weighted by Crippen LogP contribution is 2.47. The highest BCUT2D eigenvalue weighted by molar-refractivity contribution is 7.99. The van der Waals surface area contributed by atoms with Crippen molar-refractivity contribution in [2.75, 3.05) is 18.2 Å². The number of thioether (sulfide) groups is 1. The van der Waals surface area contributed by atoms with Gasteiger partial charge in [0.2, 0.25) is 0 Å². The molecule has 5 atom stereocenters. The van der Waals surface area contributed by atoms with E-state index < -0.39 is 0 Å². The molecule has 0 bridgehead atoms. The Balaban J connectivity index is 1.46. The van der Waals surface area contributed by atoms with Crippen LogP contribution in [0.3, 0.4) is 0 Å². The van der Waals surface area contributed by atoms with Gasteiger partial charge in [-0.2, -0.15) is 5.10 Å². The molecule has 0 saturated heterocycles. The third kappa shape index (κ3) is 4.28. The molecule has 0 radical (unpaired) electrons. The van der Waals surface area contributed by atoms with Crippen LogP contribution in [0.15, 0.2) is 11.2 Å². The van der Waals surface area contributed by atoms with Crippen LogP contribution in [0.4, 0.5) is 5.82 Å². The van der Waals surface area contributed by atoms with E-state index in [-0.39, 0.29) is 11.5 Å². The van der Waals surface area contributed by atoms with Crippen LogP contribution < -0.4 is 15.8 Å². The molecule has 2 aromatic heterocycles. The van der Waals surface area contributed by atoms with Crippen molar-refractivity contribution in [3.8, 4) is 5.75 Å². The lowest BCUT2D eigenvalue weighted by Crippen LogP contribution is -2.30. The molecule has 184 valence electrons. The van der Waals surface area contributed by atoms with E-state index in [4.69, 9.17) is 25.5 Å². The van der Waals surface area contributed by atoms with Crippen molar-refractivity contribution in [1.82, 2.24) is 14.8 Å². The van der Waals surface area contributed by atoms with Crippen molar-refractivity contribution in [1.29, 1.82) is 0 Å². The number of hydrogen-bond acceptors (Lipinski definition) is 8. The first-order valence-electron chi connectivity index (χ1n) is 12.3. The minimum absolute atomic E-state index is 0.0317. The molecule has 34 heavy (non-hydrogen) atoms. The normalized spacial score (nSPS) is 27.3. The molecule has 0 aromatic carbocycles. The number of hydrogen-bond donors (Lipinski definition) is 3. The van der Waals surface area contributed by atoms with E-state index in [0.29, 0.717) is 30.3 Å². The molecule has 1 aliphatic carbocycles. The van der Waals surface area contributed by atoms with E-state index in [0.717, 1.165) is 71.1 Å². The van der Waals surface area contributed by atoms with E-state index in [1.165, 1.54) is 6.42 Å². The number of nitrogens with one attached hydrogen (secondary N) is 1. The first kappa shape index (κ1) is 23.5. The van der Waals surface area contributed by atoms with Crippen molar-refractivity contribution in [2.45, 2.75) is 70.9 Å². The highest BCUT2D eigenvalue weighted by atomic mass is 32.2. The summed E-state index contributed by atoms with van der Waals surface area (Å²) in [4.78, 5) is 9.42. The molecule has 2 aromatic rings. The molecule has 0 amide bonds. The molecule has 1 fully saturated rings. The van der Waals surface area contributed by atoms with Gasteiger partial charge in [-0.25, -0.2) is 9.67 Å². The second-order valence-corrected chi connectivity index (χ2v) is 11.3. The zero-order valence-electron chi connectivity index (χ0n) is 20.5. The molecule has 4 heterocycles. The summed E-state index contributed by atoms with van der Waals surface area (Å²) in [6, 6.07) is 0. The topological polar surface area (TPSA) is 111 Å². The Labute approximate surface area is 205 Å². The third-order valence-corrected chi connectivity index (χ3v) is 9.24. The van der Waals surface area contributed by atoms with Gasteiger partial charge < -0.3 is 20.9 Å². The van der Waals surface area contributed by atoms with Crippen LogP contribution in [-0.2, 0) is 13.0 Å². The number of aryl methyl sites for hydroxylation is 1. The molecule has 3 aliphatic rings. The Morgan fingerprint density at radius 1 is 1.32 bits per heavy atom. The minimum atomic E-state index is -0.147. The molecule has 2 aliphatic heterocycles. The second kappa shape index (κ2) is 9.41. The lowest BCUT2D eigenvalue weighted by atomic mass is 9.73. The van der Waals surface area contributed by atoms with Crippen LogP contribution in [0, 0.1) is 31.6 Å². The maximum Gasteiger partial charge on any atom is 0.195 e. The Kier molecular flexibility index (Phi) is 6.50. The highest BCUT2D eigenvalue weighted by Gasteiger charge is 2.38. The van der Waals surface area contributed by atoms with Crippen LogP contribution in [0.2, 0.25) is 0 Å². The van der Waals surface area contributed by atoms with E-state index in [1.54, 1.807) is 7.11 Å². The molecule has 9 heteroatoms. The minimum Gasteiger partial charge on any atom is -0.496 e. The molecule has 5 rings (SSSR count). The Hall–Kier alpha value is -2.26. The van der Waals surface area contributed by atoms with E-state index in [9.17, 15) is 5.11 Å². The van der Waals surface area contributed by atoms with Crippen LogP contribution in [0.1, 0.15) is 66.1 Å². The predicted octanol–water partition coefficient (Wildman–Crippen LogP) is 3.78. The van der Waals surface area contributed by atoms with Gasteiger partial charge in [0.1, 0.15) is 16.9 Å². The Morgan fingerprint density at radius 2 is 2.15 bits per heavy atom. The van der Waals surface area contributed by atoms with Crippen molar-refractivity contribution >= 4 is 23.5 Å². The first-order chi connectivity index (χ1) is 16.4. The summed E-state index contributed by atoms with van der Waals surface area (Å²) in [7, 11) is 1.70. The zero-order valence-corrected chi connectivity index (χ0v) is 21.4. The summed E-state index contributed by atoms with van der Waals surface area (Å²) in [6.45, 7) is 6.97. The van der Waals surface area contributed by atoms with Crippen LogP contribution in [0.5, 0.6) is 5.75 Å². The SMILES string of the molecule is COc1c(C)cnc(Cn2nc3c4c2NC(N)=NC4SCC(C(C)C2CCCC(O)C2)C3)c1C. The summed E-state index contributed by atoms with van der Waals surface area (Å²) in [5.74, 6) is 4.86. The van der Waals surface area contributed by atoms with E-state index in [2.05, 4.69) is 12.2 Å². The maximum absolute atomic E-state index is 10.2. The van der Waals surface area contributed by atoms with Crippen molar-refractivity contribution < 1.29 is 9.84 Å². The van der Waals surface area contributed by atoms with Gasteiger partial charge in [-0.1, -0.05) is 13.3 Å². The number of aliphatic hydroxyl groups is 1. The number of nitrogens with two attached hydrogens (primary N) is 1. The summed E-state index contributed by atoms with van der Waals surface area (Å²) in [6.07, 6.45) is 6.84. The summed E-state index contributed by atoms with van der Waals surface area (Å²) < 4.78 is 7.62. The quantitative estimate of drug-likeness (QED) is 0.592. The largest absolute Gasteiger partial charge is 0.496 e. The number of aliphatic hydroxyl groups excluding tert-OH is 1. The lowest BCUT2D eigenvalue weighted by molar-refractivity contribution is 0.0713. The van der Waals surface area contributed by atoms with Gasteiger partial charge in [0, 0.05) is 17.3 Å². The van der Waals surface area contributed by atoms with Crippen molar-refractivity contribution in [2.24, 2.45) is 28.5 Å². The predicted molar refractivity (Wildman–Crippen MR) is 136 cm³/mol. The van der Waals surface area contributed by atoms with Gasteiger partial charge in [0.15, 0.2) is 5.96 Å². The van der Waals surface area contributed by atoms with Gasteiger partial charge in [0.25, 0.3) is 0 Å². The van der Waals surface area contributed by atoms with Gasteiger partial charge in [-0.3, -0.25) is 4.98 Å². The average molecular weight is 485 g/mol. The van der Waals surface area contributed by atoms with E-state index >= 15 is 0 Å².